The number of rotatable bonds is 3. The van der Waals surface area contributed by atoms with E-state index in [2.05, 4.69) is 33.5 Å². The lowest BCUT2D eigenvalue weighted by molar-refractivity contribution is 0.401. The van der Waals surface area contributed by atoms with Crippen molar-refractivity contribution in [2.45, 2.75) is 26.8 Å². The van der Waals surface area contributed by atoms with Crippen LogP contribution in [0, 0.1) is 18.8 Å². The van der Waals surface area contributed by atoms with Crippen molar-refractivity contribution in [1.82, 2.24) is 14.7 Å². The van der Waals surface area contributed by atoms with E-state index in [1.54, 1.807) is 0 Å². The van der Waals surface area contributed by atoms with E-state index >= 15 is 0 Å². The summed E-state index contributed by atoms with van der Waals surface area (Å²) in [5, 5.41) is 4.15. The van der Waals surface area contributed by atoms with E-state index < -0.39 is 0 Å². The summed E-state index contributed by atoms with van der Waals surface area (Å²) in [5.74, 6) is 7.81. The van der Waals surface area contributed by atoms with Crippen molar-refractivity contribution in [3.8, 4) is 11.8 Å². The fourth-order valence-corrected chi connectivity index (χ4v) is 2.24. The molecule has 0 unspecified atom stereocenters. The van der Waals surface area contributed by atoms with Crippen LogP contribution in [0.2, 0.25) is 0 Å². The first-order valence-electron chi connectivity index (χ1n) is 7.30. The molecule has 0 bridgehead atoms. The highest BCUT2D eigenvalue weighted by molar-refractivity contribution is 5.42. The van der Waals surface area contributed by atoms with Crippen LogP contribution in [0.5, 0.6) is 0 Å². The lowest BCUT2D eigenvalue weighted by Crippen LogP contribution is -2.04. The Morgan fingerprint density at radius 2 is 2.00 bits per heavy atom. The van der Waals surface area contributed by atoms with Gasteiger partial charge in [0.1, 0.15) is 11.5 Å². The quantitative estimate of drug-likeness (QED) is 0.696. The van der Waals surface area contributed by atoms with Gasteiger partial charge in [-0.2, -0.15) is 0 Å². The molecule has 1 aromatic carbocycles. The van der Waals surface area contributed by atoms with Crippen LogP contribution in [0.15, 0.2) is 47.2 Å². The molecule has 0 saturated heterocycles. The number of benzene rings is 1. The van der Waals surface area contributed by atoms with Crippen LogP contribution in [0.4, 0.5) is 0 Å². The molecule has 0 aliphatic heterocycles. The molecule has 0 amide bonds. The standard InChI is InChI=1S/C18H17N3O/c1-3-18-19-11-12-21(18)13-16-14(2)17(22-20-16)10-9-15-7-5-4-6-8-15/h4-8,11-12H,3,13H2,1-2H3. The lowest BCUT2D eigenvalue weighted by Gasteiger charge is -2.03. The maximum absolute atomic E-state index is 5.38. The van der Waals surface area contributed by atoms with E-state index in [1.165, 1.54) is 0 Å². The second-order valence-corrected chi connectivity index (χ2v) is 5.02. The van der Waals surface area contributed by atoms with Crippen LogP contribution in [0.3, 0.4) is 0 Å². The first-order valence-corrected chi connectivity index (χ1v) is 7.30. The van der Waals surface area contributed by atoms with Gasteiger partial charge >= 0.3 is 0 Å². The van der Waals surface area contributed by atoms with Crippen LogP contribution in [0.25, 0.3) is 0 Å². The Labute approximate surface area is 129 Å². The Bertz CT molecular complexity index is 819. The van der Waals surface area contributed by atoms with E-state index in [4.69, 9.17) is 4.52 Å². The monoisotopic (exact) mass is 291 g/mol. The van der Waals surface area contributed by atoms with Gasteiger partial charge in [0.15, 0.2) is 0 Å². The first-order chi connectivity index (χ1) is 10.8. The average Bonchev–Trinajstić information content (AvgIpc) is 3.14. The molecular weight excluding hydrogens is 274 g/mol. The summed E-state index contributed by atoms with van der Waals surface area (Å²) in [6, 6.07) is 9.85. The highest BCUT2D eigenvalue weighted by atomic mass is 16.5. The first kappa shape index (κ1) is 14.2. The number of hydrogen-bond acceptors (Lipinski definition) is 3. The van der Waals surface area contributed by atoms with Crippen molar-refractivity contribution < 1.29 is 4.52 Å². The molecule has 3 rings (SSSR count). The summed E-state index contributed by atoms with van der Waals surface area (Å²) in [7, 11) is 0. The molecular formula is C18H17N3O. The van der Waals surface area contributed by atoms with E-state index in [9.17, 15) is 0 Å². The zero-order valence-electron chi connectivity index (χ0n) is 12.7. The minimum Gasteiger partial charge on any atom is -0.347 e. The predicted molar refractivity (Wildman–Crippen MR) is 84.4 cm³/mol. The molecule has 3 aromatic rings. The predicted octanol–water partition coefficient (Wildman–Crippen LogP) is 3.19. The van der Waals surface area contributed by atoms with E-state index in [0.29, 0.717) is 12.3 Å². The second kappa shape index (κ2) is 6.31. The molecule has 2 heterocycles. The van der Waals surface area contributed by atoms with Crippen LogP contribution >= 0.6 is 0 Å². The van der Waals surface area contributed by atoms with E-state index in [-0.39, 0.29) is 0 Å². The maximum atomic E-state index is 5.38. The second-order valence-electron chi connectivity index (χ2n) is 5.02. The smallest absolute Gasteiger partial charge is 0.213 e. The number of aromatic nitrogens is 3. The highest BCUT2D eigenvalue weighted by Gasteiger charge is 2.11. The molecule has 0 fully saturated rings. The Balaban J connectivity index is 1.82. The molecule has 0 saturated carbocycles. The molecule has 0 atom stereocenters. The Morgan fingerprint density at radius 3 is 2.77 bits per heavy atom. The molecule has 4 nitrogen and oxygen atoms in total. The largest absolute Gasteiger partial charge is 0.347 e. The van der Waals surface area contributed by atoms with Crippen molar-refractivity contribution in [2.24, 2.45) is 0 Å². The number of nitrogens with zero attached hydrogens (tertiary/aromatic N) is 3. The van der Waals surface area contributed by atoms with Gasteiger partial charge in [-0.15, -0.1) is 0 Å². The van der Waals surface area contributed by atoms with Crippen molar-refractivity contribution in [3.05, 3.63) is 71.1 Å². The molecule has 110 valence electrons. The fraction of sp³-hybridized carbons (Fsp3) is 0.222. The fourth-order valence-electron chi connectivity index (χ4n) is 2.24. The summed E-state index contributed by atoms with van der Waals surface area (Å²) >= 11 is 0. The van der Waals surface area contributed by atoms with Gasteiger partial charge in [0.05, 0.1) is 6.54 Å². The van der Waals surface area contributed by atoms with Crippen molar-refractivity contribution in [2.75, 3.05) is 0 Å². The van der Waals surface area contributed by atoms with Gasteiger partial charge in [0.2, 0.25) is 5.76 Å². The number of hydrogen-bond donors (Lipinski definition) is 0. The number of aryl methyl sites for hydroxylation is 1. The van der Waals surface area contributed by atoms with Gasteiger partial charge in [-0.1, -0.05) is 36.2 Å². The van der Waals surface area contributed by atoms with Crippen molar-refractivity contribution in [3.63, 3.8) is 0 Å². The number of imidazole rings is 1. The third-order valence-corrected chi connectivity index (χ3v) is 3.55. The maximum Gasteiger partial charge on any atom is 0.213 e. The van der Waals surface area contributed by atoms with E-state index in [1.807, 2.05) is 49.6 Å². The zero-order chi connectivity index (χ0) is 15.4. The molecule has 4 heteroatoms. The minimum atomic E-state index is 0.622. The average molecular weight is 291 g/mol. The highest BCUT2D eigenvalue weighted by Crippen LogP contribution is 2.14. The van der Waals surface area contributed by atoms with Crippen LogP contribution in [0.1, 0.15) is 35.3 Å². The lowest BCUT2D eigenvalue weighted by atomic mass is 10.2. The van der Waals surface area contributed by atoms with Crippen molar-refractivity contribution >= 4 is 0 Å². The van der Waals surface area contributed by atoms with Crippen LogP contribution in [-0.2, 0) is 13.0 Å². The molecule has 0 radical (unpaired) electrons. The topological polar surface area (TPSA) is 43.9 Å². The Morgan fingerprint density at radius 1 is 1.18 bits per heavy atom. The molecule has 0 aliphatic rings. The summed E-state index contributed by atoms with van der Waals surface area (Å²) in [6.45, 7) is 4.74. The molecule has 0 aliphatic carbocycles. The van der Waals surface area contributed by atoms with Gasteiger partial charge in [-0.3, -0.25) is 0 Å². The van der Waals surface area contributed by atoms with E-state index in [0.717, 1.165) is 29.1 Å². The normalized spacial score (nSPS) is 10.3. The van der Waals surface area contributed by atoms with Gasteiger partial charge in [0, 0.05) is 29.9 Å². The summed E-state index contributed by atoms with van der Waals surface area (Å²) in [6.07, 6.45) is 4.66. The Kier molecular flexibility index (Phi) is 4.06. The summed E-state index contributed by atoms with van der Waals surface area (Å²) < 4.78 is 7.46. The molecule has 22 heavy (non-hydrogen) atoms. The van der Waals surface area contributed by atoms with Gasteiger partial charge in [0.25, 0.3) is 0 Å². The minimum absolute atomic E-state index is 0.622. The zero-order valence-corrected chi connectivity index (χ0v) is 12.7. The van der Waals surface area contributed by atoms with Gasteiger partial charge in [-0.05, 0) is 25.0 Å². The third-order valence-electron chi connectivity index (χ3n) is 3.55. The van der Waals surface area contributed by atoms with Crippen molar-refractivity contribution in [1.29, 1.82) is 0 Å². The Hall–Kier alpha value is -2.80. The molecule has 2 aromatic heterocycles. The summed E-state index contributed by atoms with van der Waals surface area (Å²) in [5.41, 5.74) is 2.84. The van der Waals surface area contributed by atoms with Gasteiger partial charge in [-0.25, -0.2) is 4.98 Å². The van der Waals surface area contributed by atoms with Gasteiger partial charge < -0.3 is 9.09 Å². The SMILES string of the molecule is CCc1nccn1Cc1noc(C#Cc2ccccc2)c1C. The molecule has 0 spiro atoms. The van der Waals surface area contributed by atoms with Crippen LogP contribution < -0.4 is 0 Å². The van der Waals surface area contributed by atoms with Crippen LogP contribution in [-0.4, -0.2) is 14.7 Å². The summed E-state index contributed by atoms with van der Waals surface area (Å²) in [4.78, 5) is 4.32. The molecule has 0 N–H and O–H groups in total. The third kappa shape index (κ3) is 2.94.